The molecule has 3 aliphatic rings. The normalized spacial score (nSPS) is 29.1. The Morgan fingerprint density at radius 2 is 1.88 bits per heavy atom. The van der Waals surface area contributed by atoms with Crippen molar-refractivity contribution < 1.29 is 18.4 Å². The first kappa shape index (κ1) is 22.2. The van der Waals surface area contributed by atoms with E-state index in [0.717, 1.165) is 11.8 Å². The standard InChI is InChI=1S/C24H21F2N3O2S2/c1-4-10-29-21(31)24(33-22(29)32)18(14-6-5-7-15(25)11-14)13-27(2)23(24)17-12-16(26)8-9-19(17)28(3)20(23)30/h4-9,11-12,18H,1,10,13H2,2-3H3/t18?,23-,24+/m1/s1. The van der Waals surface area contributed by atoms with Crippen LogP contribution in [0.4, 0.5) is 14.5 Å². The van der Waals surface area contributed by atoms with Crippen molar-refractivity contribution in [3.8, 4) is 0 Å². The first-order valence-electron chi connectivity index (χ1n) is 10.4. The SMILES string of the molecule is C=CCN1C(=O)[C@@]2(SC1=S)C(c1cccc(F)c1)CN(C)[C@]21C(=O)N(C)c2ccc(F)cc21. The maximum Gasteiger partial charge on any atom is 0.254 e. The highest BCUT2D eigenvalue weighted by atomic mass is 32.2. The van der Waals surface area contributed by atoms with E-state index in [9.17, 15) is 18.4 Å². The predicted molar refractivity (Wildman–Crippen MR) is 128 cm³/mol. The van der Waals surface area contributed by atoms with Crippen LogP contribution in [0.15, 0.2) is 55.1 Å². The molecule has 2 aromatic carbocycles. The number of likely N-dealkylation sites (N-methyl/N-ethyl adjacent to an activating group) is 2. The van der Waals surface area contributed by atoms with Crippen molar-refractivity contribution in [2.24, 2.45) is 0 Å². The molecule has 3 heterocycles. The fourth-order valence-electron chi connectivity index (χ4n) is 5.68. The third-order valence-corrected chi connectivity index (χ3v) is 8.92. The van der Waals surface area contributed by atoms with Crippen LogP contribution in [0.5, 0.6) is 0 Å². The van der Waals surface area contributed by atoms with Crippen LogP contribution in [0.1, 0.15) is 17.0 Å². The number of benzene rings is 2. The summed E-state index contributed by atoms with van der Waals surface area (Å²) in [6.07, 6.45) is 1.57. The van der Waals surface area contributed by atoms with Crippen molar-refractivity contribution in [2.45, 2.75) is 16.2 Å². The molecule has 2 fully saturated rings. The molecule has 5 nitrogen and oxygen atoms in total. The van der Waals surface area contributed by atoms with Gasteiger partial charge in [0.2, 0.25) is 5.91 Å². The van der Waals surface area contributed by atoms with Crippen LogP contribution in [0.2, 0.25) is 0 Å². The summed E-state index contributed by atoms with van der Waals surface area (Å²) in [6.45, 7) is 4.19. The molecule has 0 aromatic heterocycles. The topological polar surface area (TPSA) is 43.9 Å². The van der Waals surface area contributed by atoms with Crippen LogP contribution in [0.3, 0.4) is 0 Å². The van der Waals surface area contributed by atoms with E-state index in [1.807, 2.05) is 0 Å². The Kier molecular flexibility index (Phi) is 5.00. The van der Waals surface area contributed by atoms with Crippen molar-refractivity contribution in [1.29, 1.82) is 0 Å². The van der Waals surface area contributed by atoms with Crippen LogP contribution < -0.4 is 4.90 Å². The van der Waals surface area contributed by atoms with Crippen molar-refractivity contribution in [3.05, 3.63) is 77.9 Å². The van der Waals surface area contributed by atoms with Gasteiger partial charge in [-0.05, 0) is 42.9 Å². The van der Waals surface area contributed by atoms with Crippen LogP contribution in [0.25, 0.3) is 0 Å². The summed E-state index contributed by atoms with van der Waals surface area (Å²) >= 11 is 6.74. The second kappa shape index (κ2) is 7.44. The van der Waals surface area contributed by atoms with E-state index in [-0.39, 0.29) is 24.9 Å². The second-order valence-corrected chi connectivity index (χ2v) is 10.4. The minimum Gasteiger partial charge on any atom is -0.313 e. The first-order valence-corrected chi connectivity index (χ1v) is 11.6. The Balaban J connectivity index is 1.85. The van der Waals surface area contributed by atoms with Crippen molar-refractivity contribution >= 4 is 45.8 Å². The van der Waals surface area contributed by atoms with Gasteiger partial charge in [-0.25, -0.2) is 8.78 Å². The molecule has 2 aromatic rings. The molecule has 0 radical (unpaired) electrons. The van der Waals surface area contributed by atoms with Gasteiger partial charge in [-0.2, -0.15) is 0 Å². The molecule has 0 bridgehead atoms. The fourth-order valence-corrected chi connectivity index (χ4v) is 7.83. The van der Waals surface area contributed by atoms with Gasteiger partial charge in [-0.15, -0.1) is 6.58 Å². The number of amides is 2. The molecule has 170 valence electrons. The third-order valence-electron chi connectivity index (χ3n) is 6.98. The zero-order chi connectivity index (χ0) is 23.7. The van der Waals surface area contributed by atoms with E-state index in [4.69, 9.17) is 12.2 Å². The van der Waals surface area contributed by atoms with Crippen molar-refractivity contribution in [1.82, 2.24) is 9.80 Å². The fraction of sp³-hybridized carbons (Fsp3) is 0.292. The van der Waals surface area contributed by atoms with Crippen molar-refractivity contribution in [2.75, 3.05) is 32.1 Å². The summed E-state index contributed by atoms with van der Waals surface area (Å²) in [5, 5.41) is 0. The van der Waals surface area contributed by atoms with E-state index in [1.165, 1.54) is 34.1 Å². The Bertz CT molecular complexity index is 1240. The molecule has 2 amide bonds. The molecule has 1 unspecified atom stereocenters. The average Bonchev–Trinajstić information content (AvgIpc) is 3.28. The summed E-state index contributed by atoms with van der Waals surface area (Å²) < 4.78 is 27.7. The summed E-state index contributed by atoms with van der Waals surface area (Å²) in [5.74, 6) is -2.21. The number of hydrogen-bond acceptors (Lipinski definition) is 5. The summed E-state index contributed by atoms with van der Waals surface area (Å²) in [4.78, 5) is 33.0. The van der Waals surface area contributed by atoms with Gasteiger partial charge in [-0.1, -0.05) is 42.2 Å². The Morgan fingerprint density at radius 1 is 1.15 bits per heavy atom. The van der Waals surface area contributed by atoms with Gasteiger partial charge in [0.05, 0.1) is 0 Å². The molecular formula is C24H21F2N3O2S2. The lowest BCUT2D eigenvalue weighted by molar-refractivity contribution is -0.138. The number of halogens is 2. The largest absolute Gasteiger partial charge is 0.313 e. The molecule has 0 N–H and O–H groups in total. The third kappa shape index (κ3) is 2.64. The van der Waals surface area contributed by atoms with Crippen LogP contribution in [0, 0.1) is 11.6 Å². The van der Waals surface area contributed by atoms with Gasteiger partial charge >= 0.3 is 0 Å². The quantitative estimate of drug-likeness (QED) is 0.491. The number of hydrogen-bond donors (Lipinski definition) is 0. The van der Waals surface area contributed by atoms with Gasteiger partial charge in [0.25, 0.3) is 5.91 Å². The van der Waals surface area contributed by atoms with Gasteiger partial charge < -0.3 is 4.90 Å². The predicted octanol–water partition coefficient (Wildman–Crippen LogP) is 3.65. The smallest absolute Gasteiger partial charge is 0.254 e. The molecular weight excluding hydrogens is 464 g/mol. The molecule has 5 rings (SSSR count). The lowest BCUT2D eigenvalue weighted by atomic mass is 9.72. The molecule has 3 aliphatic heterocycles. The minimum atomic E-state index is -1.52. The number of anilines is 1. The van der Waals surface area contributed by atoms with Gasteiger partial charge in [-0.3, -0.25) is 19.4 Å². The number of thiocarbonyl (C=S) groups is 1. The number of thioether (sulfide) groups is 1. The number of carbonyl (C=O) groups is 2. The van der Waals surface area contributed by atoms with Crippen LogP contribution in [-0.4, -0.2) is 57.9 Å². The molecule has 33 heavy (non-hydrogen) atoms. The molecule has 0 saturated carbocycles. The number of carbonyl (C=O) groups excluding carboxylic acids is 2. The molecule has 0 aliphatic carbocycles. The average molecular weight is 486 g/mol. The first-order chi connectivity index (χ1) is 15.7. The highest BCUT2D eigenvalue weighted by Gasteiger charge is 2.78. The number of likely N-dealkylation sites (tertiary alicyclic amines) is 1. The molecule has 9 heteroatoms. The zero-order valence-electron chi connectivity index (χ0n) is 18.0. The minimum absolute atomic E-state index is 0.183. The summed E-state index contributed by atoms with van der Waals surface area (Å²) in [5.41, 5.74) is 0.0235. The van der Waals surface area contributed by atoms with E-state index in [0.29, 0.717) is 21.1 Å². The Labute approximate surface area is 200 Å². The highest BCUT2D eigenvalue weighted by Crippen LogP contribution is 2.66. The zero-order valence-corrected chi connectivity index (χ0v) is 19.7. The van der Waals surface area contributed by atoms with E-state index in [2.05, 4.69) is 6.58 Å². The van der Waals surface area contributed by atoms with E-state index >= 15 is 0 Å². The van der Waals surface area contributed by atoms with Crippen LogP contribution >= 0.6 is 24.0 Å². The lowest BCUT2D eigenvalue weighted by Crippen LogP contribution is -2.62. The van der Waals surface area contributed by atoms with Gasteiger partial charge in [0.15, 0.2) is 5.54 Å². The van der Waals surface area contributed by atoms with E-state index < -0.39 is 27.8 Å². The molecule has 2 saturated heterocycles. The van der Waals surface area contributed by atoms with E-state index in [1.54, 1.807) is 43.3 Å². The van der Waals surface area contributed by atoms with Crippen molar-refractivity contribution in [3.63, 3.8) is 0 Å². The Morgan fingerprint density at radius 3 is 2.58 bits per heavy atom. The Hall–Kier alpha value is -2.62. The monoisotopic (exact) mass is 485 g/mol. The second-order valence-electron chi connectivity index (χ2n) is 8.53. The number of fused-ring (bicyclic) bond motifs is 3. The highest BCUT2D eigenvalue weighted by molar-refractivity contribution is 8.25. The summed E-state index contributed by atoms with van der Waals surface area (Å²) in [7, 11) is 3.37. The van der Waals surface area contributed by atoms with Gasteiger partial charge in [0, 0.05) is 37.3 Å². The summed E-state index contributed by atoms with van der Waals surface area (Å²) in [6, 6.07) is 10.2. The van der Waals surface area contributed by atoms with Gasteiger partial charge in [0.1, 0.15) is 20.7 Å². The van der Waals surface area contributed by atoms with Crippen LogP contribution in [-0.2, 0) is 15.1 Å². The molecule has 3 atom stereocenters. The number of nitrogens with zero attached hydrogens (tertiary/aromatic N) is 3. The molecule has 2 spiro atoms. The maximum absolute atomic E-state index is 14.6. The number of rotatable bonds is 3. The lowest BCUT2D eigenvalue weighted by Gasteiger charge is -2.42. The maximum atomic E-state index is 14.6.